The van der Waals surface area contributed by atoms with E-state index in [-0.39, 0.29) is 0 Å². The number of benzene rings is 4. The molecule has 0 amide bonds. The SMILES string of the molecule is CCCCCCC(CCCC)COc1cccc(-c2ccc(-c3ccc(-c4ccccc4)cc3)cc2)c1OCC(CCCC)CCCCCC. The van der Waals surface area contributed by atoms with Crippen LogP contribution in [-0.4, -0.2) is 13.2 Å². The van der Waals surface area contributed by atoms with Crippen molar-refractivity contribution < 1.29 is 9.47 Å². The lowest BCUT2D eigenvalue weighted by atomic mass is 9.95. The number of ether oxygens (including phenoxy) is 2. The quantitative estimate of drug-likeness (QED) is 0.0651. The molecule has 2 nitrogen and oxygen atoms in total. The minimum atomic E-state index is 0.574. The van der Waals surface area contributed by atoms with Crippen LogP contribution in [-0.2, 0) is 0 Å². The normalized spacial score (nSPS) is 12.5. The van der Waals surface area contributed by atoms with E-state index >= 15 is 0 Å². The Morgan fingerprint density at radius 3 is 1.32 bits per heavy atom. The molecular weight excluding hydrogens is 609 g/mol. The average molecular weight is 675 g/mol. The first-order valence-corrected chi connectivity index (χ1v) is 20.3. The molecule has 4 rings (SSSR count). The highest BCUT2D eigenvalue weighted by molar-refractivity contribution is 5.77. The Bertz CT molecular complexity index is 1440. The fourth-order valence-electron chi connectivity index (χ4n) is 7.07. The second-order valence-corrected chi connectivity index (χ2v) is 14.5. The molecule has 0 bridgehead atoms. The topological polar surface area (TPSA) is 18.5 Å². The molecule has 0 heterocycles. The smallest absolute Gasteiger partial charge is 0.168 e. The van der Waals surface area contributed by atoms with Crippen LogP contribution in [0, 0.1) is 11.8 Å². The number of para-hydroxylation sites is 1. The van der Waals surface area contributed by atoms with Gasteiger partial charge in [-0.1, -0.05) is 196 Å². The van der Waals surface area contributed by atoms with Crippen molar-refractivity contribution >= 4 is 0 Å². The third kappa shape index (κ3) is 13.0. The minimum absolute atomic E-state index is 0.574. The van der Waals surface area contributed by atoms with Gasteiger partial charge in [-0.05, 0) is 71.4 Å². The summed E-state index contributed by atoms with van der Waals surface area (Å²) in [7, 11) is 0. The predicted molar refractivity (Wildman–Crippen MR) is 217 cm³/mol. The van der Waals surface area contributed by atoms with Crippen LogP contribution in [0.1, 0.15) is 130 Å². The summed E-state index contributed by atoms with van der Waals surface area (Å²) in [6, 6.07) is 35.0. The first-order chi connectivity index (χ1) is 24.7. The Morgan fingerprint density at radius 2 is 0.820 bits per heavy atom. The van der Waals surface area contributed by atoms with Crippen LogP contribution in [0.3, 0.4) is 0 Å². The van der Waals surface area contributed by atoms with Gasteiger partial charge in [-0.3, -0.25) is 0 Å². The lowest BCUT2D eigenvalue weighted by Gasteiger charge is -2.23. The zero-order valence-electron chi connectivity index (χ0n) is 31.9. The van der Waals surface area contributed by atoms with Crippen molar-refractivity contribution in [1.29, 1.82) is 0 Å². The maximum atomic E-state index is 6.91. The Balaban J connectivity index is 1.56. The fourth-order valence-corrected chi connectivity index (χ4v) is 7.07. The molecule has 0 aliphatic carbocycles. The van der Waals surface area contributed by atoms with Crippen molar-refractivity contribution in [1.82, 2.24) is 0 Å². The summed E-state index contributed by atoms with van der Waals surface area (Å²) in [5, 5.41) is 0. The zero-order valence-corrected chi connectivity index (χ0v) is 31.9. The van der Waals surface area contributed by atoms with E-state index in [2.05, 4.69) is 125 Å². The van der Waals surface area contributed by atoms with Crippen molar-refractivity contribution in [3.05, 3.63) is 97.1 Å². The number of hydrogen-bond acceptors (Lipinski definition) is 2. The van der Waals surface area contributed by atoms with Gasteiger partial charge in [0, 0.05) is 5.56 Å². The molecule has 0 N–H and O–H groups in total. The maximum Gasteiger partial charge on any atom is 0.168 e. The van der Waals surface area contributed by atoms with Gasteiger partial charge in [0.1, 0.15) is 0 Å². The molecule has 270 valence electrons. The van der Waals surface area contributed by atoms with Gasteiger partial charge in [-0.25, -0.2) is 0 Å². The van der Waals surface area contributed by atoms with E-state index in [1.54, 1.807) is 0 Å². The van der Waals surface area contributed by atoms with Crippen molar-refractivity contribution in [2.75, 3.05) is 13.2 Å². The summed E-state index contributed by atoms with van der Waals surface area (Å²) in [6.45, 7) is 10.7. The van der Waals surface area contributed by atoms with Crippen LogP contribution in [0.2, 0.25) is 0 Å². The van der Waals surface area contributed by atoms with Gasteiger partial charge >= 0.3 is 0 Å². The molecular formula is C48H66O2. The molecule has 0 fully saturated rings. The van der Waals surface area contributed by atoms with Gasteiger partial charge in [0.2, 0.25) is 0 Å². The molecule has 0 saturated heterocycles. The zero-order chi connectivity index (χ0) is 35.2. The van der Waals surface area contributed by atoms with Crippen molar-refractivity contribution in [3.8, 4) is 44.9 Å². The standard InChI is InChI=1S/C48H66O2/c1-5-9-13-16-23-39(21-11-7-3)37-49-47-28-20-27-46(48(47)50-38-40(22-12-8-4)24-17-14-10-6-2)45-35-33-44(34-36-45)43-31-29-42(30-32-43)41-25-18-15-19-26-41/h15,18-20,25-36,39-40H,5-14,16-17,21-24,37-38H2,1-4H3. The molecule has 0 aromatic heterocycles. The van der Waals surface area contributed by atoms with Gasteiger partial charge < -0.3 is 9.47 Å². The lowest BCUT2D eigenvalue weighted by molar-refractivity contribution is 0.193. The highest BCUT2D eigenvalue weighted by atomic mass is 16.5. The summed E-state index contributed by atoms with van der Waals surface area (Å²) >= 11 is 0. The molecule has 0 spiro atoms. The van der Waals surface area contributed by atoms with Crippen LogP contribution >= 0.6 is 0 Å². The van der Waals surface area contributed by atoms with E-state index in [0.29, 0.717) is 11.8 Å². The van der Waals surface area contributed by atoms with Gasteiger partial charge in [0.05, 0.1) is 13.2 Å². The largest absolute Gasteiger partial charge is 0.489 e. The Labute approximate surface area is 306 Å². The first-order valence-electron chi connectivity index (χ1n) is 20.3. The molecule has 2 unspecified atom stereocenters. The fraction of sp³-hybridized carbons (Fsp3) is 0.500. The summed E-state index contributed by atoms with van der Waals surface area (Å²) in [5.41, 5.74) is 7.23. The molecule has 4 aromatic carbocycles. The van der Waals surface area contributed by atoms with Gasteiger partial charge in [0.25, 0.3) is 0 Å². The van der Waals surface area contributed by atoms with Crippen molar-refractivity contribution in [3.63, 3.8) is 0 Å². The highest BCUT2D eigenvalue weighted by Gasteiger charge is 2.18. The molecule has 0 saturated carbocycles. The van der Waals surface area contributed by atoms with Crippen LogP contribution in [0.4, 0.5) is 0 Å². The molecule has 4 aromatic rings. The number of unbranched alkanes of at least 4 members (excludes halogenated alkanes) is 8. The molecule has 2 atom stereocenters. The maximum absolute atomic E-state index is 6.91. The number of rotatable bonds is 25. The average Bonchev–Trinajstić information content (AvgIpc) is 3.17. The summed E-state index contributed by atoms with van der Waals surface area (Å²) in [5.74, 6) is 2.98. The van der Waals surface area contributed by atoms with E-state index in [1.807, 2.05) is 0 Å². The van der Waals surface area contributed by atoms with Gasteiger partial charge in [-0.15, -0.1) is 0 Å². The molecule has 0 radical (unpaired) electrons. The summed E-state index contributed by atoms with van der Waals surface area (Å²) < 4.78 is 13.7. The van der Waals surface area contributed by atoms with E-state index < -0.39 is 0 Å². The van der Waals surface area contributed by atoms with Gasteiger partial charge in [0.15, 0.2) is 11.5 Å². The van der Waals surface area contributed by atoms with E-state index in [9.17, 15) is 0 Å². The predicted octanol–water partition coefficient (Wildman–Crippen LogP) is 15.0. The second-order valence-electron chi connectivity index (χ2n) is 14.5. The Kier molecular flexibility index (Phi) is 18.1. The van der Waals surface area contributed by atoms with E-state index in [1.165, 1.54) is 131 Å². The third-order valence-electron chi connectivity index (χ3n) is 10.3. The molecule has 0 aliphatic heterocycles. The van der Waals surface area contributed by atoms with Crippen molar-refractivity contribution in [2.45, 2.75) is 130 Å². The second kappa shape index (κ2) is 23.0. The van der Waals surface area contributed by atoms with Crippen LogP contribution in [0.5, 0.6) is 11.5 Å². The highest BCUT2D eigenvalue weighted by Crippen LogP contribution is 2.40. The van der Waals surface area contributed by atoms with Crippen LogP contribution in [0.15, 0.2) is 97.1 Å². The van der Waals surface area contributed by atoms with Crippen LogP contribution < -0.4 is 9.47 Å². The molecule has 2 heteroatoms. The lowest BCUT2D eigenvalue weighted by Crippen LogP contribution is -2.15. The number of hydrogen-bond donors (Lipinski definition) is 0. The van der Waals surface area contributed by atoms with E-state index in [0.717, 1.165) is 30.3 Å². The minimum Gasteiger partial charge on any atom is -0.489 e. The Hall–Kier alpha value is -3.52. The van der Waals surface area contributed by atoms with E-state index in [4.69, 9.17) is 9.47 Å². The summed E-state index contributed by atoms with van der Waals surface area (Å²) in [4.78, 5) is 0. The van der Waals surface area contributed by atoms with Gasteiger partial charge in [-0.2, -0.15) is 0 Å². The third-order valence-corrected chi connectivity index (χ3v) is 10.3. The monoisotopic (exact) mass is 675 g/mol. The first kappa shape index (κ1) is 39.3. The Morgan fingerprint density at radius 1 is 0.380 bits per heavy atom. The summed E-state index contributed by atoms with van der Waals surface area (Å²) in [6.07, 6.45) is 20.4. The molecule has 50 heavy (non-hydrogen) atoms. The van der Waals surface area contributed by atoms with Crippen molar-refractivity contribution in [2.24, 2.45) is 11.8 Å². The van der Waals surface area contributed by atoms with Crippen LogP contribution in [0.25, 0.3) is 33.4 Å². The molecule has 0 aliphatic rings.